The van der Waals surface area contributed by atoms with Crippen LogP contribution in [0.25, 0.3) is 0 Å². The van der Waals surface area contributed by atoms with Gasteiger partial charge in [0.25, 0.3) is 5.56 Å². The highest BCUT2D eigenvalue weighted by atomic mass is 16.5. The number of nitrogens with zero attached hydrogens (tertiary/aromatic N) is 2. The summed E-state index contributed by atoms with van der Waals surface area (Å²) in [6.45, 7) is 2.15. The van der Waals surface area contributed by atoms with Gasteiger partial charge in [0.2, 0.25) is 0 Å². The van der Waals surface area contributed by atoms with Crippen LogP contribution in [0, 0.1) is 6.92 Å². The van der Waals surface area contributed by atoms with E-state index in [4.69, 9.17) is 10.5 Å². The predicted octanol–water partition coefficient (Wildman–Crippen LogP) is 1.26. The van der Waals surface area contributed by atoms with Crippen LogP contribution < -0.4 is 16.0 Å². The Labute approximate surface area is 111 Å². The molecule has 0 fully saturated rings. The molecule has 0 bridgehead atoms. The normalized spacial score (nSPS) is 12.2. The first-order valence-corrected chi connectivity index (χ1v) is 6.04. The molecule has 5 nitrogen and oxygen atoms in total. The van der Waals surface area contributed by atoms with Crippen molar-refractivity contribution in [1.82, 2.24) is 9.78 Å². The molecule has 19 heavy (non-hydrogen) atoms. The van der Waals surface area contributed by atoms with Crippen molar-refractivity contribution in [2.75, 3.05) is 7.11 Å². The van der Waals surface area contributed by atoms with Crippen LogP contribution in [-0.4, -0.2) is 16.9 Å². The standard InChI is InChI=1S/C14H17N3O2/c1-10-7-14(18)17(16-8-10)9-12(15)11-5-3-4-6-13(11)19-2/h3-8,12H,9,15H2,1-2H3. The smallest absolute Gasteiger partial charge is 0.267 e. The summed E-state index contributed by atoms with van der Waals surface area (Å²) in [5.41, 5.74) is 7.68. The van der Waals surface area contributed by atoms with Crippen LogP contribution >= 0.6 is 0 Å². The maximum atomic E-state index is 11.8. The summed E-state index contributed by atoms with van der Waals surface area (Å²) in [6, 6.07) is 8.71. The summed E-state index contributed by atoms with van der Waals surface area (Å²) in [4.78, 5) is 11.8. The molecule has 0 aliphatic rings. The molecular weight excluding hydrogens is 242 g/mol. The van der Waals surface area contributed by atoms with E-state index in [1.807, 2.05) is 31.2 Å². The Morgan fingerprint density at radius 3 is 2.84 bits per heavy atom. The molecule has 1 atom stereocenters. The molecule has 1 unspecified atom stereocenters. The molecule has 1 aromatic heterocycles. The maximum absolute atomic E-state index is 11.8. The van der Waals surface area contributed by atoms with Gasteiger partial charge in [-0.15, -0.1) is 0 Å². The molecule has 100 valence electrons. The van der Waals surface area contributed by atoms with Gasteiger partial charge >= 0.3 is 0 Å². The highest BCUT2D eigenvalue weighted by Crippen LogP contribution is 2.23. The first-order valence-electron chi connectivity index (χ1n) is 6.04. The number of hydrogen-bond donors (Lipinski definition) is 1. The molecule has 0 aliphatic heterocycles. The Morgan fingerprint density at radius 2 is 2.16 bits per heavy atom. The van der Waals surface area contributed by atoms with Crippen LogP contribution in [-0.2, 0) is 6.54 Å². The van der Waals surface area contributed by atoms with E-state index in [0.717, 1.165) is 16.9 Å². The van der Waals surface area contributed by atoms with Gasteiger partial charge in [0.05, 0.1) is 25.9 Å². The first kappa shape index (κ1) is 13.3. The van der Waals surface area contributed by atoms with Gasteiger partial charge in [0, 0.05) is 11.6 Å². The fraction of sp³-hybridized carbons (Fsp3) is 0.286. The van der Waals surface area contributed by atoms with E-state index in [1.165, 1.54) is 4.68 Å². The molecule has 0 radical (unpaired) electrons. The molecular formula is C14H17N3O2. The summed E-state index contributed by atoms with van der Waals surface area (Å²) in [6.07, 6.45) is 1.65. The van der Waals surface area contributed by atoms with Gasteiger partial charge in [0.15, 0.2) is 0 Å². The van der Waals surface area contributed by atoms with Gasteiger partial charge in [-0.3, -0.25) is 4.79 Å². The number of para-hydroxylation sites is 1. The largest absolute Gasteiger partial charge is 0.496 e. The average molecular weight is 259 g/mol. The van der Waals surface area contributed by atoms with Crippen LogP contribution in [0.5, 0.6) is 5.75 Å². The zero-order valence-corrected chi connectivity index (χ0v) is 11.0. The number of nitrogens with two attached hydrogens (primary N) is 1. The van der Waals surface area contributed by atoms with Crippen molar-refractivity contribution in [2.45, 2.75) is 19.5 Å². The van der Waals surface area contributed by atoms with Gasteiger partial charge < -0.3 is 10.5 Å². The SMILES string of the molecule is COc1ccccc1C(N)Cn1ncc(C)cc1=O. The monoisotopic (exact) mass is 259 g/mol. The van der Waals surface area contributed by atoms with E-state index in [-0.39, 0.29) is 11.6 Å². The van der Waals surface area contributed by atoms with E-state index in [1.54, 1.807) is 19.4 Å². The molecule has 2 rings (SSSR count). The van der Waals surface area contributed by atoms with E-state index in [2.05, 4.69) is 5.10 Å². The van der Waals surface area contributed by atoms with Crippen LogP contribution in [0.4, 0.5) is 0 Å². The van der Waals surface area contributed by atoms with Gasteiger partial charge in [-0.2, -0.15) is 5.10 Å². The van der Waals surface area contributed by atoms with Crippen molar-refractivity contribution in [3.8, 4) is 5.75 Å². The van der Waals surface area contributed by atoms with E-state index in [9.17, 15) is 4.79 Å². The van der Waals surface area contributed by atoms with Crippen LogP contribution in [0.1, 0.15) is 17.2 Å². The molecule has 5 heteroatoms. The van der Waals surface area contributed by atoms with Crippen molar-refractivity contribution in [3.63, 3.8) is 0 Å². The Hall–Kier alpha value is -2.14. The zero-order valence-electron chi connectivity index (χ0n) is 11.0. The van der Waals surface area contributed by atoms with E-state index < -0.39 is 0 Å². The number of rotatable bonds is 4. The Morgan fingerprint density at radius 1 is 1.42 bits per heavy atom. The van der Waals surface area contributed by atoms with Gasteiger partial charge in [-0.1, -0.05) is 18.2 Å². The Balaban J connectivity index is 2.25. The summed E-state index contributed by atoms with van der Waals surface area (Å²) in [7, 11) is 1.60. The molecule has 0 spiro atoms. The molecule has 0 saturated carbocycles. The van der Waals surface area contributed by atoms with Crippen molar-refractivity contribution < 1.29 is 4.74 Å². The number of ether oxygens (including phenoxy) is 1. The Bertz CT molecular complexity index is 622. The number of aryl methyl sites for hydroxylation is 1. The van der Waals surface area contributed by atoms with Gasteiger partial charge in [0.1, 0.15) is 5.75 Å². The van der Waals surface area contributed by atoms with Crippen molar-refractivity contribution >= 4 is 0 Å². The quantitative estimate of drug-likeness (QED) is 0.897. The second-order valence-corrected chi connectivity index (χ2v) is 4.40. The van der Waals surface area contributed by atoms with Crippen LogP contribution in [0.2, 0.25) is 0 Å². The lowest BCUT2D eigenvalue weighted by Crippen LogP contribution is -2.28. The molecule has 1 aromatic carbocycles. The summed E-state index contributed by atoms with van der Waals surface area (Å²) in [5, 5.41) is 4.08. The van der Waals surface area contributed by atoms with E-state index >= 15 is 0 Å². The minimum Gasteiger partial charge on any atom is -0.496 e. The van der Waals surface area contributed by atoms with E-state index in [0.29, 0.717) is 6.54 Å². The highest BCUT2D eigenvalue weighted by molar-refractivity contribution is 5.35. The molecule has 0 amide bonds. The first-order chi connectivity index (χ1) is 9.11. The maximum Gasteiger partial charge on any atom is 0.267 e. The summed E-state index contributed by atoms with van der Waals surface area (Å²) >= 11 is 0. The predicted molar refractivity (Wildman–Crippen MR) is 73.2 cm³/mol. The average Bonchev–Trinajstić information content (AvgIpc) is 2.41. The second kappa shape index (κ2) is 5.67. The molecule has 2 N–H and O–H groups in total. The third kappa shape index (κ3) is 3.00. The molecule has 0 aliphatic carbocycles. The molecule has 0 saturated heterocycles. The van der Waals surface area contributed by atoms with Crippen LogP contribution in [0.15, 0.2) is 41.3 Å². The summed E-state index contributed by atoms with van der Waals surface area (Å²) in [5.74, 6) is 0.718. The number of aromatic nitrogens is 2. The fourth-order valence-electron chi connectivity index (χ4n) is 1.92. The summed E-state index contributed by atoms with van der Waals surface area (Å²) < 4.78 is 6.63. The fourth-order valence-corrected chi connectivity index (χ4v) is 1.92. The lowest BCUT2D eigenvalue weighted by atomic mass is 10.1. The highest BCUT2D eigenvalue weighted by Gasteiger charge is 2.13. The third-order valence-corrected chi connectivity index (χ3v) is 2.91. The topological polar surface area (TPSA) is 70.1 Å². The lowest BCUT2D eigenvalue weighted by Gasteiger charge is -2.16. The Kier molecular flexibility index (Phi) is 3.97. The second-order valence-electron chi connectivity index (χ2n) is 4.40. The van der Waals surface area contributed by atoms with Crippen LogP contribution in [0.3, 0.4) is 0 Å². The van der Waals surface area contributed by atoms with Crippen molar-refractivity contribution in [3.05, 3.63) is 58.0 Å². The van der Waals surface area contributed by atoms with Crippen molar-refractivity contribution in [1.29, 1.82) is 0 Å². The minimum atomic E-state index is -0.343. The van der Waals surface area contributed by atoms with Crippen molar-refractivity contribution in [2.24, 2.45) is 5.73 Å². The van der Waals surface area contributed by atoms with Gasteiger partial charge in [-0.25, -0.2) is 4.68 Å². The molecule has 1 heterocycles. The lowest BCUT2D eigenvalue weighted by molar-refractivity contribution is 0.399. The number of methoxy groups -OCH3 is 1. The number of hydrogen-bond acceptors (Lipinski definition) is 4. The minimum absolute atomic E-state index is 0.148. The third-order valence-electron chi connectivity index (χ3n) is 2.91. The zero-order chi connectivity index (χ0) is 13.8. The molecule has 2 aromatic rings. The van der Waals surface area contributed by atoms with Gasteiger partial charge in [-0.05, 0) is 18.6 Å². The number of benzene rings is 1.